The molecule has 2 fully saturated rings. The van der Waals surface area contributed by atoms with Crippen molar-refractivity contribution in [3.63, 3.8) is 0 Å². The summed E-state index contributed by atoms with van der Waals surface area (Å²) in [6, 6.07) is 11.9. The molecule has 2 aromatic carbocycles. The molecule has 0 saturated carbocycles. The Labute approximate surface area is 236 Å². The van der Waals surface area contributed by atoms with Gasteiger partial charge in [0.05, 0.1) is 52.4 Å². The number of carboxylic acid groups (broad SMARTS) is 1. The average Bonchev–Trinajstić information content (AvgIpc) is 3.14. The second-order valence-electron chi connectivity index (χ2n) is 12.7. The van der Waals surface area contributed by atoms with E-state index in [-0.39, 0.29) is 30.2 Å². The third-order valence-electron chi connectivity index (χ3n) is 9.27. The van der Waals surface area contributed by atoms with E-state index in [1.807, 2.05) is 25.1 Å². The van der Waals surface area contributed by atoms with E-state index in [0.717, 1.165) is 65.7 Å². The van der Waals surface area contributed by atoms with Crippen LogP contribution in [0.2, 0.25) is 0 Å². The van der Waals surface area contributed by atoms with Crippen LogP contribution in [0.25, 0.3) is 10.8 Å². The molecule has 1 amide bonds. The first-order chi connectivity index (χ1) is 18.9. The number of carbonyl (C=O) groups is 2. The van der Waals surface area contributed by atoms with Crippen molar-refractivity contribution in [3.8, 4) is 5.75 Å². The Morgan fingerprint density at radius 1 is 1.18 bits per heavy atom. The molecular weight excluding hydrogens is 510 g/mol. The van der Waals surface area contributed by atoms with Crippen LogP contribution in [0.3, 0.4) is 0 Å². The SMILES string of the molecule is C[C@@H](O)[C@H]1C(=O)N2C(C(=O)O)=C(COc3cccc4c(C[N+](C)(C)CC[N+]5(C)CCOCC5)cccc34)[C@H](C)[C@H]12. The lowest BCUT2D eigenvalue weighted by atomic mass is 9.78. The van der Waals surface area contributed by atoms with E-state index in [2.05, 4.69) is 39.3 Å². The van der Waals surface area contributed by atoms with Crippen LogP contribution in [0.1, 0.15) is 19.4 Å². The van der Waals surface area contributed by atoms with Gasteiger partial charge in [0.2, 0.25) is 5.91 Å². The molecule has 4 atom stereocenters. The van der Waals surface area contributed by atoms with Gasteiger partial charge in [-0.3, -0.25) is 4.79 Å². The summed E-state index contributed by atoms with van der Waals surface area (Å²) in [6.45, 7) is 10.4. The molecule has 0 aromatic heterocycles. The monoisotopic (exact) mass is 553 g/mol. The van der Waals surface area contributed by atoms with Crippen LogP contribution in [0, 0.1) is 11.8 Å². The van der Waals surface area contributed by atoms with Crippen LogP contribution in [0.5, 0.6) is 5.75 Å². The minimum Gasteiger partial charge on any atom is -0.488 e. The zero-order valence-corrected chi connectivity index (χ0v) is 24.3. The number of amides is 1. The summed E-state index contributed by atoms with van der Waals surface area (Å²) >= 11 is 0. The van der Waals surface area contributed by atoms with Crippen molar-refractivity contribution in [2.75, 3.05) is 67.1 Å². The number of aliphatic hydroxyl groups is 1. The number of fused-ring (bicyclic) bond motifs is 2. The van der Waals surface area contributed by atoms with Crippen LogP contribution in [-0.4, -0.2) is 115 Å². The molecule has 0 bridgehead atoms. The fourth-order valence-corrected chi connectivity index (χ4v) is 6.66. The standard InChI is InChI=1S/C31H42N3O6/c1-20-25(29(31(37)38)32-28(20)27(21(2)35)30(32)36)19-40-26-11-7-9-23-22(8-6-10-24(23)26)18-33(3,4)12-13-34(5)14-16-39-17-15-34/h6-11,20-21,27-28,35H,12-19H2,1-5H3/q+1/p+1/t20-,21+,27+,28+/m0/s1. The molecule has 2 N–H and O–H groups in total. The third-order valence-corrected chi connectivity index (χ3v) is 9.27. The lowest BCUT2D eigenvalue weighted by Gasteiger charge is -2.46. The number of carboxylic acids is 1. The van der Waals surface area contributed by atoms with E-state index in [0.29, 0.717) is 11.3 Å². The number of β-lactam (4-membered cyclic amide) rings is 1. The van der Waals surface area contributed by atoms with Crippen LogP contribution in [0.4, 0.5) is 0 Å². The topological polar surface area (TPSA) is 96.3 Å². The third kappa shape index (κ3) is 5.23. The number of aliphatic carboxylic acids is 1. The molecule has 3 heterocycles. The molecule has 3 aliphatic heterocycles. The molecule has 0 unspecified atom stereocenters. The molecule has 40 heavy (non-hydrogen) atoms. The fourth-order valence-electron chi connectivity index (χ4n) is 6.66. The minimum absolute atomic E-state index is 0.00370. The summed E-state index contributed by atoms with van der Waals surface area (Å²) in [4.78, 5) is 26.2. The highest BCUT2D eigenvalue weighted by atomic mass is 16.5. The largest absolute Gasteiger partial charge is 0.488 e. The lowest BCUT2D eigenvalue weighted by molar-refractivity contribution is -0.964. The van der Waals surface area contributed by atoms with Gasteiger partial charge >= 0.3 is 5.97 Å². The molecule has 0 spiro atoms. The number of rotatable bonds is 10. The molecule has 9 nitrogen and oxygen atoms in total. The maximum absolute atomic E-state index is 12.7. The van der Waals surface area contributed by atoms with Crippen LogP contribution >= 0.6 is 0 Å². The first-order valence-corrected chi connectivity index (χ1v) is 14.3. The zero-order valence-electron chi connectivity index (χ0n) is 24.3. The molecule has 3 aliphatic rings. The Kier molecular flexibility index (Phi) is 7.69. The summed E-state index contributed by atoms with van der Waals surface area (Å²) < 4.78 is 13.8. The first kappa shape index (κ1) is 28.5. The van der Waals surface area contributed by atoms with Crippen LogP contribution in [-0.2, 0) is 20.9 Å². The Bertz CT molecular complexity index is 1330. The summed E-state index contributed by atoms with van der Waals surface area (Å²) in [5.41, 5.74) is 1.82. The molecule has 5 rings (SSSR count). The number of benzene rings is 2. The van der Waals surface area contributed by atoms with Gasteiger partial charge in [-0.25, -0.2) is 4.79 Å². The molecule has 2 aromatic rings. The Morgan fingerprint density at radius 3 is 2.52 bits per heavy atom. The number of quaternary nitrogens is 2. The van der Waals surface area contributed by atoms with Gasteiger partial charge < -0.3 is 33.6 Å². The maximum Gasteiger partial charge on any atom is 0.352 e. The first-order valence-electron chi connectivity index (χ1n) is 14.3. The maximum atomic E-state index is 12.7. The van der Waals surface area contributed by atoms with Crippen molar-refractivity contribution in [2.45, 2.75) is 32.5 Å². The van der Waals surface area contributed by atoms with Gasteiger partial charge in [-0.1, -0.05) is 37.3 Å². The number of ether oxygens (including phenoxy) is 2. The van der Waals surface area contributed by atoms with Crippen molar-refractivity contribution in [3.05, 3.63) is 53.2 Å². The fraction of sp³-hybridized carbons (Fsp3) is 0.548. The number of aliphatic hydroxyl groups excluding tert-OH is 1. The van der Waals surface area contributed by atoms with E-state index >= 15 is 0 Å². The Balaban J connectivity index is 1.34. The molecular formula is C31H43N3O6+2. The molecule has 216 valence electrons. The van der Waals surface area contributed by atoms with E-state index in [1.54, 1.807) is 6.92 Å². The van der Waals surface area contributed by atoms with Crippen molar-refractivity contribution in [2.24, 2.45) is 11.8 Å². The van der Waals surface area contributed by atoms with E-state index in [1.165, 1.54) is 10.5 Å². The normalized spacial score (nSPS) is 25.1. The van der Waals surface area contributed by atoms with Gasteiger partial charge in [-0.05, 0) is 18.4 Å². The Morgan fingerprint density at radius 2 is 1.85 bits per heavy atom. The van der Waals surface area contributed by atoms with Gasteiger partial charge in [0, 0.05) is 22.4 Å². The van der Waals surface area contributed by atoms with Gasteiger partial charge in [0.1, 0.15) is 50.8 Å². The highest BCUT2D eigenvalue weighted by Gasteiger charge is 2.59. The quantitative estimate of drug-likeness (QED) is 0.347. The average molecular weight is 554 g/mol. The molecule has 0 radical (unpaired) electrons. The van der Waals surface area contributed by atoms with Gasteiger partial charge in [-0.2, -0.15) is 0 Å². The number of nitrogens with zero attached hydrogens (tertiary/aromatic N) is 3. The highest BCUT2D eigenvalue weighted by molar-refractivity contribution is 6.00. The smallest absolute Gasteiger partial charge is 0.352 e. The lowest BCUT2D eigenvalue weighted by Crippen LogP contribution is -2.63. The van der Waals surface area contributed by atoms with E-state index in [9.17, 15) is 19.8 Å². The Hall–Kier alpha value is -2.98. The van der Waals surface area contributed by atoms with Gasteiger partial charge in [-0.15, -0.1) is 0 Å². The number of likely N-dealkylation sites (N-methyl/N-ethyl adjacent to an activating group) is 2. The van der Waals surface area contributed by atoms with Crippen LogP contribution < -0.4 is 4.74 Å². The number of carbonyl (C=O) groups excluding carboxylic acids is 1. The van der Waals surface area contributed by atoms with Crippen molar-refractivity contribution >= 4 is 22.6 Å². The molecule has 2 saturated heterocycles. The summed E-state index contributed by atoms with van der Waals surface area (Å²) in [5.74, 6) is -1.59. The van der Waals surface area contributed by atoms with E-state index < -0.39 is 18.0 Å². The predicted octanol–water partition coefficient (Wildman–Crippen LogP) is 2.47. The molecule has 9 heteroatoms. The van der Waals surface area contributed by atoms with Crippen LogP contribution in [0.15, 0.2) is 47.7 Å². The second kappa shape index (κ2) is 10.8. The number of hydrogen-bond donors (Lipinski definition) is 2. The van der Waals surface area contributed by atoms with Crippen molar-refractivity contribution in [1.82, 2.24) is 4.90 Å². The van der Waals surface area contributed by atoms with Gasteiger partial charge in [0.15, 0.2) is 0 Å². The van der Waals surface area contributed by atoms with Crippen molar-refractivity contribution < 1.29 is 38.2 Å². The van der Waals surface area contributed by atoms with Gasteiger partial charge in [0.25, 0.3) is 0 Å². The number of morpholine rings is 1. The summed E-state index contributed by atoms with van der Waals surface area (Å²) in [5, 5.41) is 22.2. The summed E-state index contributed by atoms with van der Waals surface area (Å²) in [6.07, 6.45) is -0.829. The van der Waals surface area contributed by atoms with E-state index in [4.69, 9.17) is 9.47 Å². The highest BCUT2D eigenvalue weighted by Crippen LogP contribution is 2.47. The number of hydrogen-bond acceptors (Lipinski definition) is 5. The predicted molar refractivity (Wildman–Crippen MR) is 151 cm³/mol. The summed E-state index contributed by atoms with van der Waals surface area (Å²) in [7, 11) is 6.88. The van der Waals surface area contributed by atoms with Crippen molar-refractivity contribution in [1.29, 1.82) is 0 Å². The minimum atomic E-state index is -1.14. The zero-order chi connectivity index (χ0) is 28.8. The second-order valence-corrected chi connectivity index (χ2v) is 12.7. The molecule has 0 aliphatic carbocycles.